The molecule has 0 spiro atoms. The molecule has 0 saturated heterocycles. The molecule has 1 aromatic carbocycles. The lowest BCUT2D eigenvalue weighted by Gasteiger charge is -2.21. The van der Waals surface area contributed by atoms with Crippen molar-refractivity contribution in [2.24, 2.45) is 5.84 Å². The number of carbonyl (C=O) groups excluding carboxylic acids is 1. The van der Waals surface area contributed by atoms with E-state index in [1.54, 1.807) is 36.5 Å². The van der Waals surface area contributed by atoms with Crippen LogP contribution in [0, 0.1) is 5.41 Å². The fraction of sp³-hybridized carbons (Fsp3) is 0.278. The summed E-state index contributed by atoms with van der Waals surface area (Å²) in [5.74, 6) is 6.22. The molecule has 0 unspecified atom stereocenters. The number of nitrogens with one attached hydrogen (secondary N) is 1. The molecule has 3 rings (SSSR count). The number of nitrogens with two attached hydrogens (primary N) is 1. The van der Waals surface area contributed by atoms with Gasteiger partial charge >= 0.3 is 0 Å². The van der Waals surface area contributed by atoms with Gasteiger partial charge in [0.2, 0.25) is 5.91 Å². The summed E-state index contributed by atoms with van der Waals surface area (Å²) in [7, 11) is 1.78. The zero-order valence-electron chi connectivity index (χ0n) is 14.1. The van der Waals surface area contributed by atoms with Crippen LogP contribution < -0.4 is 15.8 Å². The molecular formula is C18H21N5O. The summed E-state index contributed by atoms with van der Waals surface area (Å²) in [5.41, 5.74) is 3.31. The van der Waals surface area contributed by atoms with Crippen molar-refractivity contribution in [3.63, 3.8) is 0 Å². The Morgan fingerprint density at radius 3 is 2.62 bits per heavy atom. The summed E-state index contributed by atoms with van der Waals surface area (Å²) >= 11 is 0. The number of nitrogens with zero attached hydrogens (tertiary/aromatic N) is 3. The average molecular weight is 323 g/mol. The van der Waals surface area contributed by atoms with E-state index in [0.29, 0.717) is 5.71 Å². The van der Waals surface area contributed by atoms with E-state index in [1.165, 1.54) is 5.01 Å². The van der Waals surface area contributed by atoms with Crippen molar-refractivity contribution >= 4 is 23.0 Å². The fourth-order valence-electron chi connectivity index (χ4n) is 3.05. The third kappa shape index (κ3) is 2.55. The number of hydrazine groups is 1. The highest BCUT2D eigenvalue weighted by atomic mass is 16.2. The molecule has 0 aliphatic carbocycles. The van der Waals surface area contributed by atoms with Gasteiger partial charge < -0.3 is 15.3 Å². The third-order valence-corrected chi connectivity index (χ3v) is 4.54. The van der Waals surface area contributed by atoms with E-state index in [-0.39, 0.29) is 12.5 Å². The lowest BCUT2D eigenvalue weighted by Crippen LogP contribution is -2.36. The van der Waals surface area contributed by atoms with E-state index < -0.39 is 5.41 Å². The summed E-state index contributed by atoms with van der Waals surface area (Å²) in [6, 6.07) is 9.32. The van der Waals surface area contributed by atoms with Gasteiger partial charge in [0.1, 0.15) is 0 Å². The van der Waals surface area contributed by atoms with E-state index in [2.05, 4.69) is 4.98 Å². The number of anilines is 2. The SMILES string of the molecule is CN1C(=O)C(C)(C)c2ccc(N(N)CC(=N)c3ccncc3)cc21. The fourth-order valence-corrected chi connectivity index (χ4v) is 3.05. The minimum absolute atomic E-state index is 0.0720. The molecular weight excluding hydrogens is 302 g/mol. The number of aromatic nitrogens is 1. The van der Waals surface area contributed by atoms with Gasteiger partial charge in [0.05, 0.1) is 23.4 Å². The van der Waals surface area contributed by atoms with Crippen LogP contribution in [0.3, 0.4) is 0 Å². The normalized spacial score (nSPS) is 15.3. The lowest BCUT2D eigenvalue weighted by atomic mass is 9.86. The van der Waals surface area contributed by atoms with Crippen LogP contribution >= 0.6 is 0 Å². The van der Waals surface area contributed by atoms with Crippen molar-refractivity contribution < 1.29 is 4.79 Å². The second-order valence-electron chi connectivity index (χ2n) is 6.53. The Morgan fingerprint density at radius 1 is 1.29 bits per heavy atom. The number of pyridine rings is 1. The smallest absolute Gasteiger partial charge is 0.236 e. The van der Waals surface area contributed by atoms with Crippen LogP contribution in [0.15, 0.2) is 42.7 Å². The maximum Gasteiger partial charge on any atom is 0.236 e. The van der Waals surface area contributed by atoms with Gasteiger partial charge in [-0.05, 0) is 43.7 Å². The molecule has 24 heavy (non-hydrogen) atoms. The highest BCUT2D eigenvalue weighted by Gasteiger charge is 2.42. The molecule has 2 heterocycles. The van der Waals surface area contributed by atoms with E-state index in [4.69, 9.17) is 11.3 Å². The van der Waals surface area contributed by atoms with Crippen molar-refractivity contribution in [1.29, 1.82) is 5.41 Å². The number of hydrogen-bond acceptors (Lipinski definition) is 5. The lowest BCUT2D eigenvalue weighted by molar-refractivity contribution is -0.121. The standard InChI is InChI=1S/C18H21N5O/c1-18(2)14-5-4-13(10-16(14)22(3)17(18)24)23(20)11-15(19)12-6-8-21-9-7-12/h4-10,19H,11,20H2,1-3H3. The molecule has 1 aliphatic heterocycles. The van der Waals surface area contributed by atoms with E-state index in [0.717, 1.165) is 22.5 Å². The predicted octanol–water partition coefficient (Wildman–Crippen LogP) is 2.08. The highest BCUT2D eigenvalue weighted by Crippen LogP contribution is 2.42. The second-order valence-corrected chi connectivity index (χ2v) is 6.53. The minimum atomic E-state index is -0.522. The van der Waals surface area contributed by atoms with Crippen molar-refractivity contribution in [3.8, 4) is 0 Å². The van der Waals surface area contributed by atoms with Crippen LogP contribution in [-0.4, -0.2) is 30.2 Å². The van der Waals surface area contributed by atoms with Crippen molar-refractivity contribution in [2.75, 3.05) is 23.5 Å². The maximum atomic E-state index is 12.4. The topological polar surface area (TPSA) is 86.3 Å². The first-order valence-electron chi connectivity index (χ1n) is 7.75. The Bertz CT molecular complexity index is 800. The molecule has 6 nitrogen and oxygen atoms in total. The molecule has 0 saturated carbocycles. The molecule has 6 heteroatoms. The first-order valence-corrected chi connectivity index (χ1v) is 7.75. The number of benzene rings is 1. The summed E-state index contributed by atoms with van der Waals surface area (Å²) < 4.78 is 0. The molecule has 124 valence electrons. The van der Waals surface area contributed by atoms with Gasteiger partial charge in [-0.15, -0.1) is 0 Å². The molecule has 1 aliphatic rings. The van der Waals surface area contributed by atoms with Crippen LogP contribution in [0.5, 0.6) is 0 Å². The second kappa shape index (κ2) is 5.72. The Morgan fingerprint density at radius 2 is 1.96 bits per heavy atom. The van der Waals surface area contributed by atoms with Gasteiger partial charge in [0.15, 0.2) is 0 Å². The molecule has 0 bridgehead atoms. The monoisotopic (exact) mass is 323 g/mol. The number of hydrogen-bond donors (Lipinski definition) is 2. The molecule has 0 fully saturated rings. The number of likely N-dealkylation sites (N-methyl/N-ethyl adjacent to an activating group) is 1. The summed E-state index contributed by atoms with van der Waals surface area (Å²) in [6.45, 7) is 4.12. The largest absolute Gasteiger partial charge is 0.314 e. The summed E-state index contributed by atoms with van der Waals surface area (Å²) in [6.07, 6.45) is 3.31. The van der Waals surface area contributed by atoms with Crippen molar-refractivity contribution in [1.82, 2.24) is 4.98 Å². The first-order chi connectivity index (χ1) is 11.3. The maximum absolute atomic E-state index is 12.4. The Labute approximate surface area is 141 Å². The number of rotatable bonds is 4. The summed E-state index contributed by atoms with van der Waals surface area (Å²) in [4.78, 5) is 18.0. The Balaban J connectivity index is 1.84. The molecule has 0 atom stereocenters. The van der Waals surface area contributed by atoms with E-state index in [9.17, 15) is 4.79 Å². The van der Waals surface area contributed by atoms with Crippen molar-refractivity contribution in [2.45, 2.75) is 19.3 Å². The zero-order valence-corrected chi connectivity index (χ0v) is 14.1. The van der Waals surface area contributed by atoms with Crippen LogP contribution in [0.4, 0.5) is 11.4 Å². The summed E-state index contributed by atoms with van der Waals surface area (Å²) in [5, 5.41) is 9.70. The number of carbonyl (C=O) groups is 1. The number of amides is 1. The van der Waals surface area contributed by atoms with Gasteiger partial charge in [-0.1, -0.05) is 6.07 Å². The van der Waals surface area contributed by atoms with Gasteiger partial charge in [0.25, 0.3) is 0 Å². The minimum Gasteiger partial charge on any atom is -0.314 e. The van der Waals surface area contributed by atoms with E-state index >= 15 is 0 Å². The quantitative estimate of drug-likeness (QED) is 0.512. The van der Waals surface area contributed by atoms with Crippen LogP contribution in [0.2, 0.25) is 0 Å². The van der Waals surface area contributed by atoms with E-state index in [1.807, 2.05) is 32.0 Å². The predicted molar refractivity (Wildman–Crippen MR) is 95.5 cm³/mol. The van der Waals surface area contributed by atoms with Gasteiger partial charge in [-0.2, -0.15) is 0 Å². The van der Waals surface area contributed by atoms with Crippen molar-refractivity contribution in [3.05, 3.63) is 53.9 Å². The first kappa shape index (κ1) is 16.1. The highest BCUT2D eigenvalue weighted by molar-refractivity contribution is 6.07. The third-order valence-electron chi connectivity index (χ3n) is 4.54. The Kier molecular flexibility index (Phi) is 3.85. The van der Waals surface area contributed by atoms with Crippen LogP contribution in [0.25, 0.3) is 0 Å². The Hall–Kier alpha value is -2.73. The van der Waals surface area contributed by atoms with Crippen LogP contribution in [0.1, 0.15) is 25.0 Å². The molecule has 0 radical (unpaired) electrons. The molecule has 1 amide bonds. The van der Waals surface area contributed by atoms with Gasteiger partial charge in [-0.25, -0.2) is 5.84 Å². The average Bonchev–Trinajstić information content (AvgIpc) is 2.76. The van der Waals surface area contributed by atoms with Gasteiger partial charge in [0, 0.05) is 30.7 Å². The number of fused-ring (bicyclic) bond motifs is 1. The molecule has 2 aromatic rings. The molecule has 3 N–H and O–H groups in total. The zero-order chi connectivity index (χ0) is 17.5. The van der Waals surface area contributed by atoms with Crippen LogP contribution in [-0.2, 0) is 10.2 Å². The van der Waals surface area contributed by atoms with Gasteiger partial charge in [-0.3, -0.25) is 9.78 Å². The molecule has 1 aromatic heterocycles.